The summed E-state index contributed by atoms with van der Waals surface area (Å²) in [6, 6.07) is 13.5. The van der Waals surface area contributed by atoms with Crippen LogP contribution in [0.3, 0.4) is 0 Å². The first kappa shape index (κ1) is 17.8. The molecule has 0 atom stereocenters. The first-order valence-electron chi connectivity index (χ1n) is 8.40. The second-order valence-electron chi connectivity index (χ2n) is 6.37. The number of aromatic nitrogens is 4. The Kier molecular flexibility index (Phi) is 4.53. The molecule has 0 amide bonds. The monoisotopic (exact) mass is 396 g/mol. The van der Waals surface area contributed by atoms with Crippen molar-refractivity contribution in [1.82, 2.24) is 19.2 Å². The van der Waals surface area contributed by atoms with E-state index in [2.05, 4.69) is 16.8 Å². The van der Waals surface area contributed by atoms with Crippen LogP contribution in [-0.2, 0) is 0 Å². The smallest absolute Gasteiger partial charge is 0.267 e. The van der Waals surface area contributed by atoms with E-state index in [0.717, 1.165) is 22.3 Å². The molecule has 2 heterocycles. The number of nitrogens with zero attached hydrogens (tertiary/aromatic N) is 4. The maximum atomic E-state index is 13.3. The van der Waals surface area contributed by atoms with Crippen LogP contribution in [-0.4, -0.2) is 24.9 Å². The maximum Gasteiger partial charge on any atom is 0.267 e. The van der Waals surface area contributed by atoms with Crippen molar-refractivity contribution < 1.29 is 0 Å². The molecule has 0 aliphatic carbocycles. The van der Waals surface area contributed by atoms with Crippen LogP contribution in [0.15, 0.2) is 64.0 Å². The van der Waals surface area contributed by atoms with E-state index in [0.29, 0.717) is 27.1 Å². The maximum absolute atomic E-state index is 13.3. The van der Waals surface area contributed by atoms with Crippen molar-refractivity contribution in [3.05, 3.63) is 75.6 Å². The summed E-state index contributed by atoms with van der Waals surface area (Å²) in [5.74, 6) is 0.995. The fourth-order valence-electron chi connectivity index (χ4n) is 3.09. The molecule has 0 N–H and O–H groups in total. The number of para-hydroxylation sites is 1. The fourth-order valence-corrected chi connectivity index (χ4v) is 3.95. The molecule has 4 rings (SSSR count). The van der Waals surface area contributed by atoms with Gasteiger partial charge in [0, 0.05) is 10.8 Å². The largest absolute Gasteiger partial charge is 0.268 e. The Labute approximate surface area is 165 Å². The van der Waals surface area contributed by atoms with E-state index in [-0.39, 0.29) is 5.56 Å². The highest BCUT2D eigenvalue weighted by Crippen LogP contribution is 2.25. The number of hydrogen-bond acceptors (Lipinski definition) is 4. The molecule has 0 radical (unpaired) electrons. The van der Waals surface area contributed by atoms with Crippen molar-refractivity contribution in [1.29, 1.82) is 0 Å². The topological polar surface area (TPSA) is 52.2 Å². The van der Waals surface area contributed by atoms with Crippen molar-refractivity contribution in [2.45, 2.75) is 19.0 Å². The average Bonchev–Trinajstić information content (AvgIpc) is 3.07. The summed E-state index contributed by atoms with van der Waals surface area (Å²) in [7, 11) is 0. The molecular formula is C20H17ClN4OS. The molecule has 2 aromatic carbocycles. The zero-order valence-electron chi connectivity index (χ0n) is 14.9. The molecule has 2 aromatic heterocycles. The van der Waals surface area contributed by atoms with Crippen LogP contribution in [0.2, 0.25) is 0 Å². The molecule has 0 spiro atoms. The highest BCUT2D eigenvalue weighted by Gasteiger charge is 2.18. The van der Waals surface area contributed by atoms with E-state index >= 15 is 0 Å². The third-order valence-electron chi connectivity index (χ3n) is 4.36. The zero-order valence-corrected chi connectivity index (χ0v) is 16.5. The number of hydrogen-bond donors (Lipinski definition) is 0. The van der Waals surface area contributed by atoms with Gasteiger partial charge in [-0.2, -0.15) is 0 Å². The molecule has 0 saturated heterocycles. The van der Waals surface area contributed by atoms with Gasteiger partial charge < -0.3 is 0 Å². The van der Waals surface area contributed by atoms with Crippen LogP contribution in [0.4, 0.5) is 0 Å². The standard InChI is InChI=1S/C20H17ClN4OS/c1-12-8-9-13(2)17(10-12)24-18(26)15-6-4-5-7-16(15)25-19(24)22-23-20(25)27-11-14(3)21/h4-10H,3,11H2,1-2H3. The first-order chi connectivity index (χ1) is 13.0. The lowest BCUT2D eigenvalue weighted by atomic mass is 10.1. The highest BCUT2D eigenvalue weighted by atomic mass is 35.5. The number of thioether (sulfide) groups is 1. The minimum atomic E-state index is -0.113. The fraction of sp³-hybridized carbons (Fsp3) is 0.150. The van der Waals surface area contributed by atoms with E-state index in [1.807, 2.05) is 60.7 Å². The molecule has 4 aromatic rings. The molecule has 7 heteroatoms. The van der Waals surface area contributed by atoms with Crippen LogP contribution in [0.1, 0.15) is 11.1 Å². The van der Waals surface area contributed by atoms with Gasteiger partial charge in [0.2, 0.25) is 5.78 Å². The molecular weight excluding hydrogens is 380 g/mol. The summed E-state index contributed by atoms with van der Waals surface area (Å²) in [6.07, 6.45) is 0. The lowest BCUT2D eigenvalue weighted by Gasteiger charge is -2.14. The Hall–Kier alpha value is -2.57. The van der Waals surface area contributed by atoms with Gasteiger partial charge in [0.25, 0.3) is 5.56 Å². The van der Waals surface area contributed by atoms with Crippen molar-refractivity contribution in [3.63, 3.8) is 0 Å². The summed E-state index contributed by atoms with van der Waals surface area (Å²) >= 11 is 7.37. The average molecular weight is 397 g/mol. The normalized spacial score (nSPS) is 11.4. The number of rotatable bonds is 4. The lowest BCUT2D eigenvalue weighted by molar-refractivity contribution is 0.929. The van der Waals surface area contributed by atoms with Crippen LogP contribution >= 0.6 is 23.4 Å². The second-order valence-corrected chi connectivity index (χ2v) is 7.85. The lowest BCUT2D eigenvalue weighted by Crippen LogP contribution is -2.22. The van der Waals surface area contributed by atoms with E-state index in [9.17, 15) is 4.79 Å². The Morgan fingerprint density at radius 3 is 2.74 bits per heavy atom. The van der Waals surface area contributed by atoms with E-state index in [1.54, 1.807) is 4.57 Å². The summed E-state index contributed by atoms with van der Waals surface area (Å²) < 4.78 is 3.54. The molecule has 0 saturated carbocycles. The molecule has 0 aliphatic heterocycles. The van der Waals surface area contributed by atoms with Gasteiger partial charge in [-0.1, -0.05) is 54.2 Å². The number of aryl methyl sites for hydroxylation is 2. The number of halogens is 1. The summed E-state index contributed by atoms with van der Waals surface area (Å²) in [5.41, 5.74) is 3.53. The molecule has 0 unspecified atom stereocenters. The van der Waals surface area contributed by atoms with Crippen molar-refractivity contribution in [2.75, 3.05) is 5.75 Å². The first-order valence-corrected chi connectivity index (χ1v) is 9.76. The summed E-state index contributed by atoms with van der Waals surface area (Å²) in [6.45, 7) is 7.72. The van der Waals surface area contributed by atoms with Crippen LogP contribution in [0, 0.1) is 13.8 Å². The minimum absolute atomic E-state index is 0.113. The zero-order chi connectivity index (χ0) is 19.1. The molecule has 5 nitrogen and oxygen atoms in total. The van der Waals surface area contributed by atoms with Gasteiger partial charge >= 0.3 is 0 Å². The Balaban J connectivity index is 2.12. The third kappa shape index (κ3) is 3.05. The van der Waals surface area contributed by atoms with Gasteiger partial charge in [0.1, 0.15) is 0 Å². The van der Waals surface area contributed by atoms with Gasteiger partial charge in [-0.05, 0) is 43.2 Å². The summed E-state index contributed by atoms with van der Waals surface area (Å²) in [4.78, 5) is 13.3. The van der Waals surface area contributed by atoms with E-state index < -0.39 is 0 Å². The Morgan fingerprint density at radius 1 is 1.19 bits per heavy atom. The van der Waals surface area contributed by atoms with Crippen LogP contribution in [0.5, 0.6) is 0 Å². The minimum Gasteiger partial charge on any atom is -0.268 e. The van der Waals surface area contributed by atoms with Gasteiger partial charge in [-0.15, -0.1) is 10.2 Å². The van der Waals surface area contributed by atoms with Crippen LogP contribution < -0.4 is 5.56 Å². The number of benzene rings is 2. The van der Waals surface area contributed by atoms with Gasteiger partial charge in [0.05, 0.1) is 16.6 Å². The molecule has 27 heavy (non-hydrogen) atoms. The number of fused-ring (bicyclic) bond motifs is 3. The second kappa shape index (κ2) is 6.87. The van der Waals surface area contributed by atoms with Gasteiger partial charge in [-0.3, -0.25) is 9.20 Å². The Morgan fingerprint density at radius 2 is 1.96 bits per heavy atom. The van der Waals surface area contributed by atoms with Gasteiger partial charge in [0.15, 0.2) is 5.16 Å². The van der Waals surface area contributed by atoms with Gasteiger partial charge in [-0.25, -0.2) is 4.57 Å². The van der Waals surface area contributed by atoms with Crippen LogP contribution in [0.25, 0.3) is 22.4 Å². The van der Waals surface area contributed by atoms with E-state index in [4.69, 9.17) is 11.6 Å². The molecule has 136 valence electrons. The third-order valence-corrected chi connectivity index (χ3v) is 5.67. The van der Waals surface area contributed by atoms with Crippen molar-refractivity contribution in [3.8, 4) is 5.69 Å². The van der Waals surface area contributed by atoms with Crippen molar-refractivity contribution >= 4 is 40.0 Å². The predicted octanol–water partition coefficient (Wildman–Crippen LogP) is 4.49. The quantitative estimate of drug-likeness (QED) is 0.477. The highest BCUT2D eigenvalue weighted by molar-refractivity contribution is 7.99. The predicted molar refractivity (Wildman–Crippen MR) is 111 cm³/mol. The molecule has 0 bridgehead atoms. The summed E-state index contributed by atoms with van der Waals surface area (Å²) in [5, 5.41) is 10.5. The molecule has 0 aliphatic rings. The van der Waals surface area contributed by atoms with Crippen molar-refractivity contribution in [2.24, 2.45) is 0 Å². The Bertz CT molecular complexity index is 1260. The van der Waals surface area contributed by atoms with E-state index in [1.165, 1.54) is 11.8 Å². The SMILES string of the molecule is C=C(Cl)CSc1nnc2n(-c3cc(C)ccc3C)c(=O)c3ccccc3n12. The molecule has 0 fully saturated rings.